The van der Waals surface area contributed by atoms with Gasteiger partial charge in [0.2, 0.25) is 0 Å². The molecule has 0 amide bonds. The minimum atomic E-state index is -0.901. The summed E-state index contributed by atoms with van der Waals surface area (Å²) in [6.07, 6.45) is 1.59. The van der Waals surface area contributed by atoms with Gasteiger partial charge in [-0.3, -0.25) is 4.79 Å². The molecule has 0 fully saturated rings. The summed E-state index contributed by atoms with van der Waals surface area (Å²) in [5, 5.41) is 13.6. The molecule has 0 radical (unpaired) electrons. The summed E-state index contributed by atoms with van der Waals surface area (Å²) in [7, 11) is 1.60. The Kier molecular flexibility index (Phi) is 2.56. The number of aliphatic carboxylic acids is 1. The lowest BCUT2D eigenvalue weighted by Gasteiger charge is -2.05. The van der Waals surface area contributed by atoms with Crippen molar-refractivity contribution < 1.29 is 9.90 Å². The molecular weight excluding hydrogens is 164 g/mol. The van der Waals surface area contributed by atoms with Crippen LogP contribution in [0.4, 0.5) is 0 Å². The van der Waals surface area contributed by atoms with E-state index in [1.807, 2.05) is 0 Å². The van der Waals surface area contributed by atoms with Crippen LogP contribution >= 0.6 is 11.3 Å². The third kappa shape index (κ3) is 1.75. The number of nitrogens with zero attached hydrogens (tertiary/aromatic N) is 1. The molecule has 0 saturated heterocycles. The van der Waals surface area contributed by atoms with Gasteiger partial charge >= 0.3 is 5.97 Å². The van der Waals surface area contributed by atoms with Crippen molar-refractivity contribution in [2.24, 2.45) is 0 Å². The normalized spacial score (nSPS) is 12.8. The molecule has 0 spiro atoms. The molecule has 1 rings (SSSR count). The fourth-order valence-corrected chi connectivity index (χ4v) is 1.47. The molecule has 60 valence electrons. The number of hydrogen-bond donors (Lipinski definition) is 2. The van der Waals surface area contributed by atoms with Crippen molar-refractivity contribution in [3.8, 4) is 0 Å². The van der Waals surface area contributed by atoms with Crippen LogP contribution in [-0.2, 0) is 4.79 Å². The molecule has 1 aromatic heterocycles. The number of carboxylic acids is 1. The monoisotopic (exact) mass is 172 g/mol. The number of hydrogen-bond acceptors (Lipinski definition) is 4. The van der Waals surface area contributed by atoms with Gasteiger partial charge in [0.25, 0.3) is 0 Å². The first-order valence-electron chi connectivity index (χ1n) is 3.05. The predicted octanol–water partition coefficient (Wildman–Crippen LogP) is 0.488. The van der Waals surface area contributed by atoms with E-state index in [2.05, 4.69) is 10.3 Å². The second kappa shape index (κ2) is 3.45. The molecule has 0 aliphatic heterocycles. The second-order valence-electron chi connectivity index (χ2n) is 1.93. The fraction of sp³-hybridized carbons (Fsp3) is 0.333. The number of aromatic nitrogens is 1. The number of rotatable bonds is 3. The van der Waals surface area contributed by atoms with Crippen LogP contribution in [0.25, 0.3) is 0 Å². The van der Waals surface area contributed by atoms with Crippen molar-refractivity contribution >= 4 is 17.3 Å². The van der Waals surface area contributed by atoms with Crippen LogP contribution in [0.15, 0.2) is 11.6 Å². The van der Waals surface area contributed by atoms with Gasteiger partial charge in [-0.25, -0.2) is 4.98 Å². The standard InChI is InChI=1S/C6H8N2O2S/c1-7-4(6(9)10)5-8-2-3-11-5/h2-4,7H,1H3,(H,9,10). The molecule has 11 heavy (non-hydrogen) atoms. The van der Waals surface area contributed by atoms with E-state index in [4.69, 9.17) is 5.11 Å². The van der Waals surface area contributed by atoms with Gasteiger partial charge in [0.05, 0.1) is 0 Å². The number of nitrogens with one attached hydrogen (secondary N) is 1. The Balaban J connectivity index is 2.79. The van der Waals surface area contributed by atoms with Crippen LogP contribution in [0.1, 0.15) is 11.0 Å². The lowest BCUT2D eigenvalue weighted by atomic mass is 10.3. The summed E-state index contributed by atoms with van der Waals surface area (Å²) in [5.41, 5.74) is 0. The van der Waals surface area contributed by atoms with Crippen LogP contribution in [0.2, 0.25) is 0 Å². The van der Waals surface area contributed by atoms with Gasteiger partial charge < -0.3 is 10.4 Å². The number of thiazole rings is 1. The van der Waals surface area contributed by atoms with E-state index in [0.717, 1.165) is 0 Å². The Hall–Kier alpha value is -0.940. The van der Waals surface area contributed by atoms with E-state index in [1.54, 1.807) is 18.6 Å². The summed E-state index contributed by atoms with van der Waals surface area (Å²) in [5.74, 6) is -0.901. The molecule has 2 N–H and O–H groups in total. The lowest BCUT2D eigenvalue weighted by molar-refractivity contribution is -0.139. The van der Waals surface area contributed by atoms with Crippen molar-refractivity contribution in [1.82, 2.24) is 10.3 Å². The minimum Gasteiger partial charge on any atom is -0.480 e. The highest BCUT2D eigenvalue weighted by Crippen LogP contribution is 2.14. The Morgan fingerprint density at radius 1 is 1.91 bits per heavy atom. The number of carboxylic acid groups (broad SMARTS) is 1. The Bertz CT molecular complexity index is 235. The highest BCUT2D eigenvalue weighted by molar-refractivity contribution is 7.09. The zero-order chi connectivity index (χ0) is 8.27. The Morgan fingerprint density at radius 2 is 2.64 bits per heavy atom. The maximum absolute atomic E-state index is 10.5. The first-order valence-corrected chi connectivity index (χ1v) is 3.93. The molecule has 0 bridgehead atoms. The van der Waals surface area contributed by atoms with Gasteiger partial charge in [-0.2, -0.15) is 0 Å². The smallest absolute Gasteiger partial charge is 0.327 e. The minimum absolute atomic E-state index is 0.583. The molecule has 0 aromatic carbocycles. The van der Waals surface area contributed by atoms with Crippen LogP contribution in [0.5, 0.6) is 0 Å². The topological polar surface area (TPSA) is 62.2 Å². The van der Waals surface area contributed by atoms with Crippen LogP contribution in [-0.4, -0.2) is 23.1 Å². The van der Waals surface area contributed by atoms with Gasteiger partial charge in [0.1, 0.15) is 5.01 Å². The maximum Gasteiger partial charge on any atom is 0.327 e. The van der Waals surface area contributed by atoms with Gasteiger partial charge in [0.15, 0.2) is 6.04 Å². The van der Waals surface area contributed by atoms with E-state index in [0.29, 0.717) is 5.01 Å². The fourth-order valence-electron chi connectivity index (χ4n) is 0.730. The van der Waals surface area contributed by atoms with Gasteiger partial charge in [0, 0.05) is 11.6 Å². The third-order valence-corrected chi connectivity index (χ3v) is 2.07. The number of carbonyl (C=O) groups is 1. The molecule has 1 atom stereocenters. The van der Waals surface area contributed by atoms with Crippen molar-refractivity contribution in [3.63, 3.8) is 0 Å². The Labute approximate surface area is 67.9 Å². The molecule has 1 heterocycles. The van der Waals surface area contributed by atoms with Crippen LogP contribution < -0.4 is 5.32 Å². The lowest BCUT2D eigenvalue weighted by Crippen LogP contribution is -2.24. The summed E-state index contributed by atoms with van der Waals surface area (Å²) < 4.78 is 0. The maximum atomic E-state index is 10.5. The van der Waals surface area contributed by atoms with E-state index in [9.17, 15) is 4.79 Å². The van der Waals surface area contributed by atoms with Crippen LogP contribution in [0.3, 0.4) is 0 Å². The molecule has 5 heteroatoms. The number of likely N-dealkylation sites (N-methyl/N-ethyl adjacent to an activating group) is 1. The van der Waals surface area contributed by atoms with Crippen molar-refractivity contribution in [2.75, 3.05) is 7.05 Å². The molecule has 0 aliphatic carbocycles. The first-order chi connectivity index (χ1) is 5.25. The average molecular weight is 172 g/mol. The molecular formula is C6H8N2O2S. The zero-order valence-corrected chi connectivity index (χ0v) is 6.76. The van der Waals surface area contributed by atoms with E-state index in [1.165, 1.54) is 11.3 Å². The van der Waals surface area contributed by atoms with Gasteiger partial charge in [-0.05, 0) is 7.05 Å². The zero-order valence-electron chi connectivity index (χ0n) is 5.94. The molecule has 4 nitrogen and oxygen atoms in total. The molecule has 0 aliphatic rings. The van der Waals surface area contributed by atoms with Gasteiger partial charge in [-0.1, -0.05) is 0 Å². The van der Waals surface area contributed by atoms with Crippen molar-refractivity contribution in [1.29, 1.82) is 0 Å². The predicted molar refractivity (Wildman–Crippen MR) is 41.6 cm³/mol. The highest BCUT2D eigenvalue weighted by atomic mass is 32.1. The largest absolute Gasteiger partial charge is 0.480 e. The highest BCUT2D eigenvalue weighted by Gasteiger charge is 2.19. The SMILES string of the molecule is CNC(C(=O)O)c1nccs1. The van der Waals surface area contributed by atoms with E-state index in [-0.39, 0.29) is 0 Å². The van der Waals surface area contributed by atoms with E-state index >= 15 is 0 Å². The Morgan fingerprint density at radius 3 is 3.00 bits per heavy atom. The van der Waals surface area contributed by atoms with E-state index < -0.39 is 12.0 Å². The third-order valence-electron chi connectivity index (χ3n) is 1.23. The van der Waals surface area contributed by atoms with Crippen molar-refractivity contribution in [2.45, 2.75) is 6.04 Å². The second-order valence-corrected chi connectivity index (χ2v) is 2.86. The summed E-state index contributed by atoms with van der Waals surface area (Å²) in [6.45, 7) is 0. The summed E-state index contributed by atoms with van der Waals surface area (Å²) >= 11 is 1.33. The van der Waals surface area contributed by atoms with Crippen LogP contribution in [0, 0.1) is 0 Å². The molecule has 1 aromatic rings. The summed E-state index contributed by atoms with van der Waals surface area (Å²) in [4.78, 5) is 14.4. The summed E-state index contributed by atoms with van der Waals surface area (Å²) in [6, 6.07) is -0.671. The first kappa shape index (κ1) is 8.16. The molecule has 1 unspecified atom stereocenters. The van der Waals surface area contributed by atoms with Crippen molar-refractivity contribution in [3.05, 3.63) is 16.6 Å². The average Bonchev–Trinajstić information content (AvgIpc) is 2.40. The molecule has 0 saturated carbocycles. The quantitative estimate of drug-likeness (QED) is 0.696. The van der Waals surface area contributed by atoms with Gasteiger partial charge in [-0.15, -0.1) is 11.3 Å².